The first-order valence-electron chi connectivity index (χ1n) is 6.58. The maximum atomic E-state index is 12.3. The highest BCUT2D eigenvalue weighted by molar-refractivity contribution is 8.24. The van der Waals surface area contributed by atoms with Gasteiger partial charge in [-0.05, 0) is 65.1 Å². The van der Waals surface area contributed by atoms with Crippen LogP contribution in [0.4, 0.5) is 0 Å². The van der Waals surface area contributed by atoms with Gasteiger partial charge in [0.25, 0.3) is 0 Å². The summed E-state index contributed by atoms with van der Waals surface area (Å²) in [7, 11) is 0. The molecule has 0 atom stereocenters. The number of benzene rings is 2. The molecule has 0 spiro atoms. The summed E-state index contributed by atoms with van der Waals surface area (Å²) >= 11 is 13.8. The van der Waals surface area contributed by atoms with Gasteiger partial charge in [-0.15, -0.1) is 0 Å². The lowest BCUT2D eigenvalue weighted by Gasteiger charge is -2.19. The normalized spacial score (nSPS) is 12.9. The van der Waals surface area contributed by atoms with Gasteiger partial charge in [0.15, 0.2) is 5.78 Å². The Labute approximate surface area is 144 Å². The molecule has 0 N–H and O–H groups in total. The van der Waals surface area contributed by atoms with Crippen molar-refractivity contribution in [3.05, 3.63) is 69.8 Å². The van der Waals surface area contributed by atoms with E-state index in [9.17, 15) is 9.36 Å². The molecule has 2 nitrogen and oxygen atoms in total. The van der Waals surface area contributed by atoms with Crippen molar-refractivity contribution in [3.63, 3.8) is 0 Å². The Bertz CT molecular complexity index is 719. The van der Waals surface area contributed by atoms with E-state index in [4.69, 9.17) is 0 Å². The number of hydrogen-bond donors (Lipinski definition) is 0. The summed E-state index contributed by atoms with van der Waals surface area (Å²) in [5, 5.41) is -3.22. The third-order valence-electron chi connectivity index (χ3n) is 3.39. The zero-order chi connectivity index (χ0) is 16.5. The molecule has 0 fully saturated rings. The SMILES string of the molecule is Cc1ccc2c(c1)Cc1cc(C)ccc1C2=O.O=P(Cl)(Cl)Cl. The minimum Gasteiger partial charge on any atom is -0.289 e. The first-order chi connectivity index (χ1) is 10.1. The van der Waals surface area contributed by atoms with Crippen LogP contribution in [0.1, 0.15) is 38.2 Å². The van der Waals surface area contributed by atoms with Crippen LogP contribution in [0.2, 0.25) is 0 Å². The van der Waals surface area contributed by atoms with Crippen molar-refractivity contribution in [1.29, 1.82) is 0 Å². The summed E-state index contributed by atoms with van der Waals surface area (Å²) in [5.41, 5.74) is 6.49. The second-order valence-electron chi connectivity index (χ2n) is 5.23. The van der Waals surface area contributed by atoms with Crippen molar-refractivity contribution >= 4 is 44.7 Å². The molecule has 0 heterocycles. The maximum Gasteiger partial charge on any atom is 0.339 e. The van der Waals surface area contributed by atoms with Gasteiger partial charge in [0, 0.05) is 11.1 Å². The zero-order valence-corrected chi connectivity index (χ0v) is 15.2. The van der Waals surface area contributed by atoms with Crippen molar-refractivity contribution < 1.29 is 9.36 Å². The van der Waals surface area contributed by atoms with Crippen LogP contribution in [0.15, 0.2) is 36.4 Å². The summed E-state index contributed by atoms with van der Waals surface area (Å²) in [6.45, 7) is 4.13. The van der Waals surface area contributed by atoms with Crippen molar-refractivity contribution in [1.82, 2.24) is 0 Å². The van der Waals surface area contributed by atoms with E-state index in [1.165, 1.54) is 11.1 Å². The highest BCUT2D eigenvalue weighted by Crippen LogP contribution is 2.61. The maximum absolute atomic E-state index is 12.3. The molecule has 0 aromatic heterocycles. The molecule has 2 aromatic rings. The average molecular weight is 376 g/mol. The van der Waals surface area contributed by atoms with Crippen molar-refractivity contribution in [2.75, 3.05) is 0 Å². The molecule has 6 heteroatoms. The molecule has 0 saturated carbocycles. The fourth-order valence-electron chi connectivity index (χ4n) is 2.53. The fraction of sp³-hybridized carbons (Fsp3) is 0.188. The van der Waals surface area contributed by atoms with Gasteiger partial charge >= 0.3 is 5.20 Å². The molecular weight excluding hydrogens is 362 g/mol. The lowest BCUT2D eigenvalue weighted by molar-refractivity contribution is 0.103. The third kappa shape index (κ3) is 4.60. The van der Waals surface area contributed by atoms with Gasteiger partial charge in [-0.3, -0.25) is 9.36 Å². The minimum atomic E-state index is -3.22. The second-order valence-corrected chi connectivity index (χ2v) is 11.9. The molecule has 22 heavy (non-hydrogen) atoms. The van der Waals surface area contributed by atoms with Gasteiger partial charge < -0.3 is 0 Å². The Hall–Kier alpha value is -0.790. The summed E-state index contributed by atoms with van der Waals surface area (Å²) in [6, 6.07) is 12.2. The highest BCUT2D eigenvalue weighted by atomic mass is 36.0. The number of aryl methyl sites for hydroxylation is 2. The molecule has 3 rings (SSSR count). The van der Waals surface area contributed by atoms with E-state index >= 15 is 0 Å². The van der Waals surface area contributed by atoms with E-state index in [0.29, 0.717) is 0 Å². The topological polar surface area (TPSA) is 34.1 Å². The summed E-state index contributed by atoms with van der Waals surface area (Å²) in [4.78, 5) is 12.3. The van der Waals surface area contributed by atoms with Crippen molar-refractivity contribution in [3.8, 4) is 0 Å². The van der Waals surface area contributed by atoms with Crippen LogP contribution in [0.25, 0.3) is 0 Å². The van der Waals surface area contributed by atoms with Gasteiger partial charge in [-0.1, -0.05) is 47.5 Å². The summed E-state index contributed by atoms with van der Waals surface area (Å²) in [5.74, 6) is 0.168. The van der Waals surface area contributed by atoms with E-state index in [0.717, 1.165) is 28.7 Å². The first-order valence-corrected chi connectivity index (χ1v) is 11.0. The van der Waals surface area contributed by atoms with Gasteiger partial charge in [0.2, 0.25) is 0 Å². The molecule has 116 valence electrons. The van der Waals surface area contributed by atoms with Gasteiger partial charge in [0.05, 0.1) is 0 Å². The number of rotatable bonds is 0. The quantitative estimate of drug-likeness (QED) is 0.435. The van der Waals surface area contributed by atoms with E-state index in [-0.39, 0.29) is 5.78 Å². The Morgan fingerprint density at radius 3 is 1.59 bits per heavy atom. The summed E-state index contributed by atoms with van der Waals surface area (Å²) < 4.78 is 9.51. The molecule has 0 aliphatic heterocycles. The third-order valence-corrected chi connectivity index (χ3v) is 3.39. The predicted octanol–water partition coefficient (Wildman–Crippen LogP) is 6.25. The van der Waals surface area contributed by atoms with Crippen LogP contribution >= 0.6 is 38.9 Å². The van der Waals surface area contributed by atoms with Gasteiger partial charge in [0.1, 0.15) is 0 Å². The summed E-state index contributed by atoms with van der Waals surface area (Å²) in [6.07, 6.45) is 0.875. The van der Waals surface area contributed by atoms with E-state index in [2.05, 4.69) is 59.7 Å². The largest absolute Gasteiger partial charge is 0.339 e. The Balaban J connectivity index is 0.000000309. The van der Waals surface area contributed by atoms with Crippen LogP contribution < -0.4 is 0 Å². The number of carbonyl (C=O) groups is 1. The lowest BCUT2D eigenvalue weighted by atomic mass is 9.84. The molecular formula is C16H14Cl3O2P. The van der Waals surface area contributed by atoms with Crippen LogP contribution in [-0.4, -0.2) is 5.78 Å². The Morgan fingerprint density at radius 2 is 1.23 bits per heavy atom. The smallest absolute Gasteiger partial charge is 0.289 e. The molecule has 0 radical (unpaired) electrons. The van der Waals surface area contributed by atoms with Crippen molar-refractivity contribution in [2.24, 2.45) is 0 Å². The molecule has 0 bridgehead atoms. The van der Waals surface area contributed by atoms with Crippen LogP contribution in [0.3, 0.4) is 0 Å². The number of halogens is 3. The monoisotopic (exact) mass is 374 g/mol. The van der Waals surface area contributed by atoms with Gasteiger partial charge in [-0.2, -0.15) is 0 Å². The van der Waals surface area contributed by atoms with E-state index < -0.39 is 5.20 Å². The Morgan fingerprint density at radius 1 is 0.864 bits per heavy atom. The minimum absolute atomic E-state index is 0.168. The predicted molar refractivity (Wildman–Crippen MR) is 93.8 cm³/mol. The van der Waals surface area contributed by atoms with Crippen LogP contribution in [0.5, 0.6) is 0 Å². The number of carbonyl (C=O) groups excluding carboxylic acids is 1. The molecule has 2 aromatic carbocycles. The number of fused-ring (bicyclic) bond motifs is 2. The zero-order valence-electron chi connectivity index (χ0n) is 12.1. The average Bonchev–Trinajstić information content (AvgIpc) is 2.36. The van der Waals surface area contributed by atoms with E-state index in [1.807, 2.05) is 24.3 Å². The second kappa shape index (κ2) is 6.76. The molecule has 0 saturated heterocycles. The van der Waals surface area contributed by atoms with E-state index in [1.54, 1.807) is 0 Å². The number of hydrogen-bond acceptors (Lipinski definition) is 2. The first kappa shape index (κ1) is 17.6. The van der Waals surface area contributed by atoms with Crippen molar-refractivity contribution in [2.45, 2.75) is 20.3 Å². The van der Waals surface area contributed by atoms with Gasteiger partial charge in [-0.25, -0.2) is 0 Å². The highest BCUT2D eigenvalue weighted by Gasteiger charge is 2.22. The fourth-order valence-corrected chi connectivity index (χ4v) is 2.53. The van der Waals surface area contributed by atoms with Crippen LogP contribution in [0, 0.1) is 13.8 Å². The molecule has 1 aliphatic carbocycles. The van der Waals surface area contributed by atoms with Crippen LogP contribution in [-0.2, 0) is 11.0 Å². The Kier molecular flexibility index (Phi) is 5.40. The molecule has 1 aliphatic rings. The lowest BCUT2D eigenvalue weighted by Crippen LogP contribution is -2.15. The molecule has 0 unspecified atom stereocenters. The molecule has 0 amide bonds. The number of ketones is 1. The standard InChI is InChI=1S/C16H14O.Cl3OP/c1-10-3-5-14-12(7-10)9-13-8-11(2)4-6-15(13)16(14)17;1-5(2,3)4/h3-8H,9H2,1-2H3;.